The highest BCUT2D eigenvalue weighted by Gasteiger charge is 2.21. The van der Waals surface area contributed by atoms with Crippen molar-refractivity contribution in [2.45, 2.75) is 45.8 Å². The fourth-order valence-electron chi connectivity index (χ4n) is 1.69. The molecular weight excluding hydrogens is 214 g/mol. The molecule has 1 saturated carbocycles. The number of hydrogen-bond acceptors (Lipinski definition) is 2. The van der Waals surface area contributed by atoms with Gasteiger partial charge in [-0.2, -0.15) is 0 Å². The summed E-state index contributed by atoms with van der Waals surface area (Å²) in [4.78, 5) is 8.62. The predicted octanol–water partition coefficient (Wildman–Crippen LogP) is 1.11. The molecule has 0 saturated heterocycles. The summed E-state index contributed by atoms with van der Waals surface area (Å²) in [6.07, 6.45) is 6.23. The van der Waals surface area contributed by atoms with Crippen LogP contribution in [0.15, 0.2) is 17.4 Å². The minimum atomic E-state index is 0.534. The van der Waals surface area contributed by atoms with Gasteiger partial charge in [-0.05, 0) is 18.8 Å². The van der Waals surface area contributed by atoms with Crippen molar-refractivity contribution >= 4 is 5.96 Å². The van der Waals surface area contributed by atoms with Crippen LogP contribution in [0.3, 0.4) is 0 Å². The Kier molecular flexibility index (Phi) is 3.66. The van der Waals surface area contributed by atoms with Gasteiger partial charge >= 0.3 is 0 Å². The van der Waals surface area contributed by atoms with E-state index in [1.54, 1.807) is 0 Å². The van der Waals surface area contributed by atoms with Gasteiger partial charge in [0.05, 0.1) is 0 Å². The third kappa shape index (κ3) is 3.76. The molecule has 1 aliphatic rings. The molecule has 3 N–H and O–H groups in total. The summed E-state index contributed by atoms with van der Waals surface area (Å²) in [5, 5.41) is 3.17. The van der Waals surface area contributed by atoms with Crippen molar-refractivity contribution in [2.75, 3.05) is 0 Å². The second-order valence-electron chi connectivity index (χ2n) is 5.01. The van der Waals surface area contributed by atoms with Crippen molar-refractivity contribution in [1.82, 2.24) is 14.9 Å². The predicted molar refractivity (Wildman–Crippen MR) is 68.5 cm³/mol. The van der Waals surface area contributed by atoms with Crippen LogP contribution in [0, 0.1) is 5.92 Å². The zero-order chi connectivity index (χ0) is 12.3. The number of hydrogen-bond donors (Lipinski definition) is 2. The summed E-state index contributed by atoms with van der Waals surface area (Å²) < 4.78 is 2.14. The standard InChI is InChI=1S/C12H21N5/c1-9(2)8-17-6-5-14-11(17)7-15-12(13)16-10-3-4-10/h5-6,9-10H,3-4,7-8H2,1-2H3,(H3,13,15,16). The minimum Gasteiger partial charge on any atom is -0.370 e. The van der Waals surface area contributed by atoms with Gasteiger partial charge in [-0.3, -0.25) is 0 Å². The highest BCUT2D eigenvalue weighted by molar-refractivity contribution is 5.78. The van der Waals surface area contributed by atoms with Crippen molar-refractivity contribution in [3.63, 3.8) is 0 Å². The van der Waals surface area contributed by atoms with Crippen molar-refractivity contribution in [3.05, 3.63) is 18.2 Å². The van der Waals surface area contributed by atoms with Crippen LogP contribution in [0.4, 0.5) is 0 Å². The van der Waals surface area contributed by atoms with Crippen molar-refractivity contribution in [1.29, 1.82) is 0 Å². The van der Waals surface area contributed by atoms with Crippen molar-refractivity contribution < 1.29 is 0 Å². The smallest absolute Gasteiger partial charge is 0.189 e. The molecular formula is C12H21N5. The number of guanidine groups is 1. The third-order valence-corrected chi connectivity index (χ3v) is 2.68. The number of imidazole rings is 1. The number of nitrogens with one attached hydrogen (secondary N) is 1. The van der Waals surface area contributed by atoms with Crippen molar-refractivity contribution in [3.8, 4) is 0 Å². The van der Waals surface area contributed by atoms with Gasteiger partial charge < -0.3 is 15.6 Å². The zero-order valence-corrected chi connectivity index (χ0v) is 10.6. The molecule has 0 atom stereocenters. The van der Waals surface area contributed by atoms with Gasteiger partial charge in [0.25, 0.3) is 0 Å². The lowest BCUT2D eigenvalue weighted by Crippen LogP contribution is -2.33. The summed E-state index contributed by atoms with van der Waals surface area (Å²) in [7, 11) is 0. The molecule has 0 spiro atoms. The summed E-state index contributed by atoms with van der Waals surface area (Å²) in [6, 6.07) is 0.550. The van der Waals surface area contributed by atoms with E-state index in [9.17, 15) is 0 Å². The van der Waals surface area contributed by atoms with E-state index in [0.29, 0.717) is 24.5 Å². The lowest BCUT2D eigenvalue weighted by molar-refractivity contribution is 0.507. The molecule has 94 valence electrons. The highest BCUT2D eigenvalue weighted by Crippen LogP contribution is 2.18. The van der Waals surface area contributed by atoms with Gasteiger partial charge in [-0.15, -0.1) is 0 Å². The number of aromatic nitrogens is 2. The Labute approximate surface area is 102 Å². The molecule has 1 aromatic heterocycles. The van der Waals surface area contributed by atoms with Gasteiger partial charge in [0, 0.05) is 25.0 Å². The van der Waals surface area contributed by atoms with E-state index in [-0.39, 0.29) is 0 Å². The minimum absolute atomic E-state index is 0.534. The molecule has 0 radical (unpaired) electrons. The van der Waals surface area contributed by atoms with E-state index >= 15 is 0 Å². The van der Waals surface area contributed by atoms with Gasteiger partial charge in [-0.25, -0.2) is 9.98 Å². The Bertz CT molecular complexity index is 389. The molecule has 17 heavy (non-hydrogen) atoms. The molecule has 5 heteroatoms. The van der Waals surface area contributed by atoms with E-state index in [0.717, 1.165) is 12.4 Å². The molecule has 0 bridgehead atoms. The van der Waals surface area contributed by atoms with E-state index in [4.69, 9.17) is 5.73 Å². The normalized spacial score (nSPS) is 16.5. The van der Waals surface area contributed by atoms with Crippen LogP contribution in [0.5, 0.6) is 0 Å². The number of nitrogens with zero attached hydrogens (tertiary/aromatic N) is 3. The second kappa shape index (κ2) is 5.21. The van der Waals surface area contributed by atoms with E-state index < -0.39 is 0 Å². The van der Waals surface area contributed by atoms with Gasteiger partial charge in [0.2, 0.25) is 0 Å². The summed E-state index contributed by atoms with van der Waals surface area (Å²) >= 11 is 0. The van der Waals surface area contributed by atoms with E-state index in [1.165, 1.54) is 12.8 Å². The number of rotatable bonds is 5. The van der Waals surface area contributed by atoms with Crippen LogP contribution in [-0.4, -0.2) is 21.6 Å². The molecule has 1 heterocycles. The lowest BCUT2D eigenvalue weighted by Gasteiger charge is -2.09. The second-order valence-corrected chi connectivity index (χ2v) is 5.01. The molecule has 1 aromatic rings. The van der Waals surface area contributed by atoms with Crippen molar-refractivity contribution in [2.24, 2.45) is 16.6 Å². The molecule has 1 fully saturated rings. The Hall–Kier alpha value is -1.52. The average molecular weight is 235 g/mol. The maximum Gasteiger partial charge on any atom is 0.189 e. The molecule has 2 rings (SSSR count). The summed E-state index contributed by atoms with van der Waals surface area (Å²) in [5.41, 5.74) is 5.78. The number of aliphatic imine (C=N–C) groups is 1. The molecule has 0 unspecified atom stereocenters. The van der Waals surface area contributed by atoms with Crippen LogP contribution in [0.1, 0.15) is 32.5 Å². The number of nitrogens with two attached hydrogens (primary N) is 1. The molecule has 0 amide bonds. The average Bonchev–Trinajstić information content (AvgIpc) is 2.95. The van der Waals surface area contributed by atoms with Gasteiger partial charge in [0.15, 0.2) is 5.96 Å². The van der Waals surface area contributed by atoms with Crippen LogP contribution in [0.25, 0.3) is 0 Å². The molecule has 0 aromatic carbocycles. The van der Waals surface area contributed by atoms with Crippen LogP contribution >= 0.6 is 0 Å². The maximum absolute atomic E-state index is 5.78. The van der Waals surface area contributed by atoms with Crippen LogP contribution in [-0.2, 0) is 13.1 Å². The first kappa shape index (κ1) is 12.0. The largest absolute Gasteiger partial charge is 0.370 e. The highest BCUT2D eigenvalue weighted by atomic mass is 15.1. The summed E-state index contributed by atoms with van der Waals surface area (Å²) in [5.74, 6) is 2.11. The molecule has 0 aliphatic heterocycles. The van der Waals surface area contributed by atoms with Gasteiger partial charge in [0.1, 0.15) is 12.4 Å². The SMILES string of the molecule is CC(C)Cn1ccnc1CN=C(N)NC1CC1. The van der Waals surface area contributed by atoms with Crippen LogP contribution < -0.4 is 11.1 Å². The molecule has 5 nitrogen and oxygen atoms in total. The quantitative estimate of drug-likeness (QED) is 0.593. The van der Waals surface area contributed by atoms with E-state index in [2.05, 4.69) is 33.7 Å². The third-order valence-electron chi connectivity index (χ3n) is 2.68. The zero-order valence-electron chi connectivity index (χ0n) is 10.6. The topological polar surface area (TPSA) is 68.2 Å². The first-order valence-electron chi connectivity index (χ1n) is 6.21. The summed E-state index contributed by atoms with van der Waals surface area (Å²) in [6.45, 7) is 5.90. The first-order valence-corrected chi connectivity index (χ1v) is 6.21. The Morgan fingerprint density at radius 2 is 2.41 bits per heavy atom. The maximum atomic E-state index is 5.78. The Balaban J connectivity index is 1.90. The van der Waals surface area contributed by atoms with Crippen LogP contribution in [0.2, 0.25) is 0 Å². The van der Waals surface area contributed by atoms with Gasteiger partial charge in [-0.1, -0.05) is 13.8 Å². The fourth-order valence-corrected chi connectivity index (χ4v) is 1.69. The Morgan fingerprint density at radius 3 is 3.06 bits per heavy atom. The van der Waals surface area contributed by atoms with E-state index in [1.807, 2.05) is 12.4 Å². The first-order chi connectivity index (χ1) is 8.15. The fraction of sp³-hybridized carbons (Fsp3) is 0.667. The lowest BCUT2D eigenvalue weighted by atomic mass is 10.2. The Morgan fingerprint density at radius 1 is 1.65 bits per heavy atom. The molecule has 1 aliphatic carbocycles. The monoisotopic (exact) mass is 235 g/mol.